The minimum absolute atomic E-state index is 0.0341. The first-order valence-corrected chi connectivity index (χ1v) is 12.5. The lowest BCUT2D eigenvalue weighted by atomic mass is 10.3. The zero-order valence-corrected chi connectivity index (χ0v) is 20.6. The summed E-state index contributed by atoms with van der Waals surface area (Å²) in [7, 11) is -2.59. The number of nitrogens with one attached hydrogen (secondary N) is 1. The van der Waals surface area contributed by atoms with Gasteiger partial charge in [-0.3, -0.25) is 14.3 Å². The number of carbonyl (C=O) groups excluding carboxylic acids is 1. The summed E-state index contributed by atoms with van der Waals surface area (Å²) in [6, 6.07) is 23.0. The Morgan fingerprint density at radius 2 is 1.51 bits per heavy atom. The lowest BCUT2D eigenvalue weighted by Gasteiger charge is -2.23. The van der Waals surface area contributed by atoms with Crippen molar-refractivity contribution in [3.05, 3.63) is 106 Å². The van der Waals surface area contributed by atoms with Crippen LogP contribution >= 0.6 is 11.6 Å². The van der Waals surface area contributed by atoms with E-state index >= 15 is 0 Å². The molecule has 1 amide bonds. The van der Waals surface area contributed by atoms with Crippen molar-refractivity contribution in [2.24, 2.45) is 7.05 Å². The molecule has 35 heavy (non-hydrogen) atoms. The van der Waals surface area contributed by atoms with Crippen LogP contribution in [0.2, 0.25) is 5.02 Å². The van der Waals surface area contributed by atoms with Crippen LogP contribution in [-0.2, 0) is 21.9 Å². The molecule has 0 radical (unpaired) electrons. The summed E-state index contributed by atoms with van der Waals surface area (Å²) in [4.78, 5) is 26.5. The van der Waals surface area contributed by atoms with Crippen LogP contribution in [0.4, 0.5) is 11.4 Å². The van der Waals surface area contributed by atoms with Gasteiger partial charge < -0.3 is 5.32 Å². The highest BCUT2D eigenvalue weighted by molar-refractivity contribution is 7.92. The molecule has 0 aliphatic carbocycles. The van der Waals surface area contributed by atoms with Crippen molar-refractivity contribution >= 4 is 38.9 Å². The van der Waals surface area contributed by atoms with Gasteiger partial charge in [-0.15, -0.1) is 0 Å². The smallest absolute Gasteiger partial charge is 0.296 e. The molecule has 4 rings (SSSR count). The first-order chi connectivity index (χ1) is 16.7. The van der Waals surface area contributed by atoms with Crippen LogP contribution in [0.1, 0.15) is 5.69 Å². The van der Waals surface area contributed by atoms with Crippen molar-refractivity contribution in [1.82, 2.24) is 9.36 Å². The van der Waals surface area contributed by atoms with Gasteiger partial charge >= 0.3 is 0 Å². The molecule has 0 saturated heterocycles. The molecule has 0 unspecified atom stereocenters. The van der Waals surface area contributed by atoms with E-state index in [4.69, 9.17) is 11.6 Å². The molecule has 1 aromatic heterocycles. The number of nitrogens with zero attached hydrogens (tertiary/aromatic N) is 3. The van der Waals surface area contributed by atoms with Gasteiger partial charge in [-0.25, -0.2) is 17.4 Å². The fourth-order valence-corrected chi connectivity index (χ4v) is 5.33. The lowest BCUT2D eigenvalue weighted by molar-refractivity contribution is -0.114. The standard InChI is InChI=1S/C25H23ClN4O4S/c1-18-24(25(32)30(28(18)2)21-9-5-3-6-10-21)29(35(33,34)22-11-7-4-8-12-22)17-23(31)27-20-15-13-19(26)14-16-20/h3-16H,17H2,1-2H3,(H,27,31). The van der Waals surface area contributed by atoms with Crippen LogP contribution in [0, 0.1) is 6.92 Å². The molecule has 1 N–H and O–H groups in total. The van der Waals surface area contributed by atoms with E-state index in [1.807, 2.05) is 6.07 Å². The van der Waals surface area contributed by atoms with Gasteiger partial charge in [0.2, 0.25) is 5.91 Å². The van der Waals surface area contributed by atoms with Gasteiger partial charge in [0.15, 0.2) is 0 Å². The highest BCUT2D eigenvalue weighted by Gasteiger charge is 2.33. The van der Waals surface area contributed by atoms with E-state index in [1.54, 1.807) is 85.4 Å². The molecule has 0 spiro atoms. The Labute approximate surface area is 208 Å². The zero-order valence-electron chi connectivity index (χ0n) is 19.1. The molecule has 180 valence electrons. The summed E-state index contributed by atoms with van der Waals surface area (Å²) in [6.45, 7) is 1.04. The molecule has 4 aromatic rings. The second-order valence-corrected chi connectivity index (χ2v) is 10.1. The predicted octanol–water partition coefficient (Wildman–Crippen LogP) is 3.97. The highest BCUT2D eigenvalue weighted by Crippen LogP contribution is 2.25. The maximum absolute atomic E-state index is 13.7. The molecule has 0 saturated carbocycles. The van der Waals surface area contributed by atoms with Crippen LogP contribution in [-0.4, -0.2) is 30.2 Å². The van der Waals surface area contributed by atoms with Gasteiger partial charge in [0.05, 0.1) is 16.3 Å². The minimum Gasteiger partial charge on any atom is -0.325 e. The normalized spacial score (nSPS) is 11.3. The van der Waals surface area contributed by atoms with Gasteiger partial charge in [0.25, 0.3) is 15.6 Å². The van der Waals surface area contributed by atoms with Gasteiger partial charge in [-0.1, -0.05) is 48.0 Å². The lowest BCUT2D eigenvalue weighted by Crippen LogP contribution is -2.41. The maximum atomic E-state index is 13.7. The Bertz CT molecular complexity index is 1510. The third kappa shape index (κ3) is 4.87. The average molecular weight is 511 g/mol. The highest BCUT2D eigenvalue weighted by atomic mass is 35.5. The van der Waals surface area contributed by atoms with E-state index in [1.165, 1.54) is 16.8 Å². The van der Waals surface area contributed by atoms with E-state index < -0.39 is 28.0 Å². The molecule has 0 aliphatic rings. The molecule has 0 atom stereocenters. The van der Waals surface area contributed by atoms with Crippen LogP contribution in [0.15, 0.2) is 94.6 Å². The number of halogens is 1. The van der Waals surface area contributed by atoms with Crippen LogP contribution in [0.3, 0.4) is 0 Å². The maximum Gasteiger partial charge on any atom is 0.296 e. The molecule has 10 heteroatoms. The molecule has 3 aromatic carbocycles. The SMILES string of the molecule is Cc1c(N(CC(=O)Nc2ccc(Cl)cc2)S(=O)(=O)c2ccccc2)c(=O)n(-c2ccccc2)n1C. The van der Waals surface area contributed by atoms with Crippen molar-refractivity contribution in [1.29, 1.82) is 0 Å². The van der Waals surface area contributed by atoms with E-state index in [-0.39, 0.29) is 10.6 Å². The number of amides is 1. The van der Waals surface area contributed by atoms with Crippen molar-refractivity contribution < 1.29 is 13.2 Å². The number of hydrogen-bond acceptors (Lipinski definition) is 4. The van der Waals surface area contributed by atoms with E-state index in [0.29, 0.717) is 22.1 Å². The van der Waals surface area contributed by atoms with E-state index in [9.17, 15) is 18.0 Å². The summed E-state index contributed by atoms with van der Waals surface area (Å²) in [6.07, 6.45) is 0. The van der Waals surface area contributed by atoms with Crippen LogP contribution < -0.4 is 15.2 Å². The number of carbonyl (C=O) groups is 1. The number of benzene rings is 3. The summed E-state index contributed by atoms with van der Waals surface area (Å²) in [5.41, 5.74) is 0.735. The number of para-hydroxylation sites is 1. The number of hydrogen-bond donors (Lipinski definition) is 1. The number of rotatable bonds is 7. The topological polar surface area (TPSA) is 93.4 Å². The van der Waals surface area contributed by atoms with Gasteiger partial charge in [0, 0.05) is 17.8 Å². The number of anilines is 2. The summed E-state index contributed by atoms with van der Waals surface area (Å²) in [5, 5.41) is 3.16. The van der Waals surface area contributed by atoms with E-state index in [0.717, 1.165) is 4.31 Å². The van der Waals surface area contributed by atoms with Crippen molar-refractivity contribution in [2.45, 2.75) is 11.8 Å². The molecule has 0 bridgehead atoms. The summed E-state index contributed by atoms with van der Waals surface area (Å²) >= 11 is 5.90. The molecular weight excluding hydrogens is 488 g/mol. The van der Waals surface area contributed by atoms with Crippen molar-refractivity contribution in [3.8, 4) is 5.69 Å². The summed E-state index contributed by atoms with van der Waals surface area (Å²) in [5.74, 6) is -0.610. The van der Waals surface area contributed by atoms with Crippen LogP contribution in [0.25, 0.3) is 5.69 Å². The number of aromatic nitrogens is 2. The Morgan fingerprint density at radius 1 is 0.943 bits per heavy atom. The van der Waals surface area contributed by atoms with Crippen molar-refractivity contribution in [2.75, 3.05) is 16.2 Å². The molecule has 0 fully saturated rings. The Kier molecular flexibility index (Phi) is 6.81. The quantitative estimate of drug-likeness (QED) is 0.407. The number of sulfonamides is 1. The molecule has 8 nitrogen and oxygen atoms in total. The van der Waals surface area contributed by atoms with Crippen LogP contribution in [0.5, 0.6) is 0 Å². The fourth-order valence-electron chi connectivity index (χ4n) is 3.71. The van der Waals surface area contributed by atoms with E-state index in [2.05, 4.69) is 5.32 Å². The summed E-state index contributed by atoms with van der Waals surface area (Å²) < 4.78 is 31.2. The minimum atomic E-state index is -4.25. The Balaban J connectivity index is 1.82. The second kappa shape index (κ2) is 9.81. The molecular formula is C25H23ClN4O4S. The first kappa shape index (κ1) is 24.3. The second-order valence-electron chi connectivity index (χ2n) is 7.79. The molecule has 0 aliphatic heterocycles. The third-order valence-electron chi connectivity index (χ3n) is 5.52. The predicted molar refractivity (Wildman–Crippen MR) is 137 cm³/mol. The van der Waals surface area contributed by atoms with Gasteiger partial charge in [0.1, 0.15) is 12.2 Å². The monoisotopic (exact) mass is 510 g/mol. The largest absolute Gasteiger partial charge is 0.325 e. The first-order valence-electron chi connectivity index (χ1n) is 10.7. The average Bonchev–Trinajstić information content (AvgIpc) is 3.07. The van der Waals surface area contributed by atoms with Crippen molar-refractivity contribution in [3.63, 3.8) is 0 Å². The molecule has 1 heterocycles. The fraction of sp³-hybridized carbons (Fsp3) is 0.120. The Morgan fingerprint density at radius 3 is 2.11 bits per heavy atom. The zero-order chi connectivity index (χ0) is 25.2. The van der Waals surface area contributed by atoms with Gasteiger partial charge in [-0.2, -0.15) is 0 Å². The van der Waals surface area contributed by atoms with Gasteiger partial charge in [-0.05, 0) is 55.5 Å². The third-order valence-corrected chi connectivity index (χ3v) is 7.53. The Hall–Kier alpha value is -3.82.